The first-order valence-corrected chi connectivity index (χ1v) is 9.45. The van der Waals surface area contributed by atoms with E-state index in [0.29, 0.717) is 6.61 Å². The molecule has 0 unspecified atom stereocenters. The molecule has 0 aromatic rings. The number of carbonyl (C=O) groups is 2. The monoisotopic (exact) mass is 330 g/mol. The minimum absolute atomic E-state index is 0.350. The highest BCUT2D eigenvalue weighted by atomic mass is 16.5. The van der Waals surface area contributed by atoms with E-state index in [1.807, 2.05) is 0 Å². The van der Waals surface area contributed by atoms with Gasteiger partial charge in [-0.15, -0.1) is 0 Å². The fourth-order valence-electron chi connectivity index (χ4n) is 1.95. The van der Waals surface area contributed by atoms with Crippen LogP contribution in [0.3, 0.4) is 0 Å². The van der Waals surface area contributed by atoms with Crippen molar-refractivity contribution in [3.63, 3.8) is 0 Å². The number of unbranched alkanes of at least 4 members (excludes halogenated alkanes) is 10. The van der Waals surface area contributed by atoms with Gasteiger partial charge >= 0.3 is 11.9 Å². The van der Waals surface area contributed by atoms with Crippen LogP contribution in [0.2, 0.25) is 0 Å². The van der Waals surface area contributed by atoms with E-state index >= 15 is 0 Å². The molecule has 0 saturated heterocycles. The van der Waals surface area contributed by atoms with E-state index in [0.717, 1.165) is 12.8 Å². The first kappa shape index (κ1) is 24.2. The molecule has 0 rings (SSSR count). The maximum absolute atomic E-state index is 10.9. The van der Waals surface area contributed by atoms with Crippen molar-refractivity contribution in [1.82, 2.24) is 0 Å². The van der Waals surface area contributed by atoms with E-state index in [2.05, 4.69) is 20.8 Å². The van der Waals surface area contributed by atoms with E-state index < -0.39 is 18.4 Å². The lowest BCUT2D eigenvalue weighted by atomic mass is 10.1. The molecule has 0 aromatic heterocycles. The Morgan fingerprint density at radius 2 is 1.13 bits per heavy atom. The Labute approximate surface area is 143 Å². The number of esters is 1. The molecular formula is C19H38O4. The van der Waals surface area contributed by atoms with Gasteiger partial charge in [-0.2, -0.15) is 0 Å². The van der Waals surface area contributed by atoms with Gasteiger partial charge < -0.3 is 9.84 Å². The number of hydrogen-bond acceptors (Lipinski definition) is 3. The van der Waals surface area contributed by atoms with Gasteiger partial charge in [0.1, 0.15) is 6.42 Å². The van der Waals surface area contributed by atoms with Gasteiger partial charge in [-0.25, -0.2) is 0 Å². The van der Waals surface area contributed by atoms with Crippen LogP contribution in [0.4, 0.5) is 0 Å². The lowest BCUT2D eigenvalue weighted by molar-refractivity contribution is -0.151. The molecule has 0 fully saturated rings. The largest absolute Gasteiger partial charge is 0.481 e. The van der Waals surface area contributed by atoms with Gasteiger partial charge in [-0.3, -0.25) is 9.59 Å². The molecular weight excluding hydrogens is 292 g/mol. The maximum atomic E-state index is 10.9. The van der Waals surface area contributed by atoms with E-state index in [4.69, 9.17) is 9.84 Å². The number of ether oxygens (including phenoxy) is 1. The van der Waals surface area contributed by atoms with E-state index in [9.17, 15) is 9.59 Å². The highest BCUT2D eigenvalue weighted by Crippen LogP contribution is 2.10. The molecule has 0 aliphatic carbocycles. The minimum Gasteiger partial charge on any atom is -0.481 e. The van der Waals surface area contributed by atoms with Crippen LogP contribution in [0.15, 0.2) is 0 Å². The predicted molar refractivity (Wildman–Crippen MR) is 95.6 cm³/mol. The van der Waals surface area contributed by atoms with Crippen LogP contribution in [0.25, 0.3) is 0 Å². The Hall–Kier alpha value is -1.06. The van der Waals surface area contributed by atoms with Crippen molar-refractivity contribution in [3.05, 3.63) is 0 Å². The minimum atomic E-state index is -1.13. The molecule has 23 heavy (non-hydrogen) atoms. The highest BCUT2D eigenvalue weighted by Gasteiger charge is 2.07. The Morgan fingerprint density at radius 3 is 1.52 bits per heavy atom. The second-order valence-electron chi connectivity index (χ2n) is 5.97. The van der Waals surface area contributed by atoms with Crippen LogP contribution < -0.4 is 0 Å². The third-order valence-electron chi connectivity index (χ3n) is 3.56. The molecule has 4 heteroatoms. The molecule has 0 amide bonds. The van der Waals surface area contributed by atoms with Crippen LogP contribution in [0, 0.1) is 0 Å². The lowest BCUT2D eigenvalue weighted by Gasteiger charge is -2.03. The van der Waals surface area contributed by atoms with Crippen molar-refractivity contribution >= 4 is 11.9 Å². The van der Waals surface area contributed by atoms with Gasteiger partial charge in [-0.05, 0) is 6.42 Å². The smallest absolute Gasteiger partial charge is 0.317 e. The summed E-state index contributed by atoms with van der Waals surface area (Å²) in [6.07, 6.45) is 14.4. The van der Waals surface area contributed by atoms with Gasteiger partial charge in [0.15, 0.2) is 0 Å². The normalized spacial score (nSPS) is 9.87. The van der Waals surface area contributed by atoms with Gasteiger partial charge in [0.05, 0.1) is 6.61 Å². The molecule has 0 heterocycles. The Balaban J connectivity index is 0. The van der Waals surface area contributed by atoms with Crippen LogP contribution in [0.1, 0.15) is 104 Å². The summed E-state index contributed by atoms with van der Waals surface area (Å²) in [5.74, 6) is -1.77. The van der Waals surface area contributed by atoms with Crippen molar-refractivity contribution < 1.29 is 19.4 Å². The zero-order valence-corrected chi connectivity index (χ0v) is 15.6. The van der Waals surface area contributed by atoms with Gasteiger partial charge in [-0.1, -0.05) is 91.4 Å². The summed E-state index contributed by atoms with van der Waals surface area (Å²) in [5, 5.41) is 8.36. The molecule has 0 aliphatic rings. The predicted octanol–water partition coefficient (Wildman–Crippen LogP) is 5.73. The summed E-state index contributed by atoms with van der Waals surface area (Å²) >= 11 is 0. The summed E-state index contributed by atoms with van der Waals surface area (Å²) in [5.41, 5.74) is 0. The third-order valence-corrected chi connectivity index (χ3v) is 3.56. The van der Waals surface area contributed by atoms with E-state index in [1.165, 1.54) is 64.2 Å². The first-order valence-electron chi connectivity index (χ1n) is 9.45. The lowest BCUT2D eigenvalue weighted by Crippen LogP contribution is -2.11. The number of carboxylic acids is 1. The molecule has 0 spiro atoms. The molecule has 1 N–H and O–H groups in total. The topological polar surface area (TPSA) is 63.6 Å². The highest BCUT2D eigenvalue weighted by molar-refractivity contribution is 5.90. The Bertz CT molecular complexity index is 262. The molecule has 0 atom stereocenters. The van der Waals surface area contributed by atoms with Crippen LogP contribution in [-0.4, -0.2) is 23.7 Å². The van der Waals surface area contributed by atoms with Gasteiger partial charge in [0.2, 0.25) is 0 Å². The third kappa shape index (κ3) is 26.2. The molecule has 0 saturated carbocycles. The summed E-state index contributed by atoms with van der Waals surface area (Å²) in [4.78, 5) is 21.1. The number of carboxylic acid groups (broad SMARTS) is 1. The fourth-order valence-corrected chi connectivity index (χ4v) is 1.95. The van der Waals surface area contributed by atoms with Gasteiger partial charge in [0.25, 0.3) is 0 Å². The number of aliphatic carboxylic acids is 1. The molecule has 0 aliphatic heterocycles. The summed E-state index contributed by atoms with van der Waals surface area (Å²) in [6.45, 7) is 6.94. The van der Waals surface area contributed by atoms with Crippen molar-refractivity contribution in [2.75, 3.05) is 6.61 Å². The second kappa shape index (κ2) is 20.9. The molecule has 4 nitrogen and oxygen atoms in total. The molecule has 138 valence electrons. The van der Waals surface area contributed by atoms with Crippen LogP contribution >= 0.6 is 0 Å². The summed E-state index contributed by atoms with van der Waals surface area (Å²) in [6, 6.07) is 0. The molecule has 0 bridgehead atoms. The fraction of sp³-hybridized carbons (Fsp3) is 0.895. The van der Waals surface area contributed by atoms with Crippen molar-refractivity contribution in [1.29, 1.82) is 0 Å². The number of hydrogen-bond donors (Lipinski definition) is 1. The SMILES string of the molecule is CCCC.CCCCCCCCCCCCOC(=O)CC(=O)O. The zero-order valence-electron chi connectivity index (χ0n) is 15.6. The van der Waals surface area contributed by atoms with Crippen molar-refractivity contribution in [3.8, 4) is 0 Å². The average Bonchev–Trinajstić information content (AvgIpc) is 2.52. The standard InChI is InChI=1S/C15H28O4.C4H10/c1-2-3-4-5-6-7-8-9-10-11-12-19-15(18)13-14(16)17;1-3-4-2/h2-13H2,1H3,(H,16,17);3-4H2,1-2H3. The summed E-state index contributed by atoms with van der Waals surface area (Å²) < 4.78 is 4.81. The average molecular weight is 331 g/mol. The summed E-state index contributed by atoms with van der Waals surface area (Å²) in [7, 11) is 0. The molecule has 0 radical (unpaired) electrons. The number of rotatable bonds is 14. The van der Waals surface area contributed by atoms with Crippen molar-refractivity contribution in [2.24, 2.45) is 0 Å². The van der Waals surface area contributed by atoms with Crippen LogP contribution in [0.5, 0.6) is 0 Å². The van der Waals surface area contributed by atoms with Crippen molar-refractivity contribution in [2.45, 2.75) is 104 Å². The van der Waals surface area contributed by atoms with Gasteiger partial charge in [0, 0.05) is 0 Å². The Kier molecular flexibility index (Phi) is 22.0. The number of carbonyl (C=O) groups excluding carboxylic acids is 1. The molecule has 0 aromatic carbocycles. The quantitative estimate of drug-likeness (QED) is 0.251. The van der Waals surface area contributed by atoms with E-state index in [1.54, 1.807) is 0 Å². The van der Waals surface area contributed by atoms with E-state index in [-0.39, 0.29) is 0 Å². The van der Waals surface area contributed by atoms with Crippen LogP contribution in [-0.2, 0) is 14.3 Å². The zero-order chi connectivity index (χ0) is 17.8. The Morgan fingerprint density at radius 1 is 0.696 bits per heavy atom. The maximum Gasteiger partial charge on any atom is 0.317 e. The second-order valence-corrected chi connectivity index (χ2v) is 5.97. The first-order chi connectivity index (χ1) is 11.1.